The molecule has 0 unspecified atom stereocenters. The maximum atomic E-state index is 12.2. The second-order valence-corrected chi connectivity index (χ2v) is 5.13. The van der Waals surface area contributed by atoms with Crippen molar-refractivity contribution in [3.63, 3.8) is 0 Å². The Labute approximate surface area is 113 Å². The van der Waals surface area contributed by atoms with Crippen LogP contribution in [-0.2, 0) is 4.79 Å². The Morgan fingerprint density at radius 2 is 2.17 bits per heavy atom. The topological polar surface area (TPSA) is 70.5 Å². The van der Waals surface area contributed by atoms with Crippen LogP contribution >= 0.6 is 15.9 Å². The van der Waals surface area contributed by atoms with Gasteiger partial charge in [-0.1, -0.05) is 0 Å². The Morgan fingerprint density at radius 1 is 1.39 bits per heavy atom. The molecule has 5 nitrogen and oxygen atoms in total. The van der Waals surface area contributed by atoms with Gasteiger partial charge in [-0.15, -0.1) is 0 Å². The highest BCUT2D eigenvalue weighted by molar-refractivity contribution is 9.10. The first-order valence-corrected chi connectivity index (χ1v) is 6.54. The molecule has 1 amide bonds. The summed E-state index contributed by atoms with van der Waals surface area (Å²) in [7, 11) is 0. The fourth-order valence-corrected chi connectivity index (χ4v) is 2.32. The summed E-state index contributed by atoms with van der Waals surface area (Å²) in [6.45, 7) is 0.480. The lowest BCUT2D eigenvalue weighted by molar-refractivity contribution is -0.143. The molecular weight excluding hydrogens is 300 g/mol. The number of amides is 1. The van der Waals surface area contributed by atoms with Gasteiger partial charge in [0.15, 0.2) is 0 Å². The molecule has 2 heterocycles. The van der Waals surface area contributed by atoms with E-state index in [1.807, 2.05) is 0 Å². The fraction of sp³-hybridized carbons (Fsp3) is 0.417. The molecule has 1 N–H and O–H groups in total. The standard InChI is InChI=1S/C12H13BrN2O3/c13-8-4-5-9(14-7-8)11(16)15-6-2-1-3-10(15)12(17)18/h4-5,7,10H,1-3,6H2,(H,17,18)/t10-/m1/s1. The van der Waals surface area contributed by atoms with Crippen LogP contribution in [0.5, 0.6) is 0 Å². The van der Waals surface area contributed by atoms with E-state index in [9.17, 15) is 9.59 Å². The van der Waals surface area contributed by atoms with Crippen LogP contribution < -0.4 is 0 Å². The molecular formula is C12H13BrN2O3. The molecule has 6 heteroatoms. The molecule has 2 rings (SSSR count). The number of likely N-dealkylation sites (tertiary alicyclic amines) is 1. The molecule has 96 valence electrons. The first-order chi connectivity index (χ1) is 8.59. The zero-order chi connectivity index (χ0) is 13.1. The summed E-state index contributed by atoms with van der Waals surface area (Å²) in [5, 5.41) is 9.13. The van der Waals surface area contributed by atoms with Gasteiger partial charge in [-0.2, -0.15) is 0 Å². The lowest BCUT2D eigenvalue weighted by Crippen LogP contribution is -2.48. The molecule has 1 aromatic heterocycles. The molecule has 0 spiro atoms. The first kappa shape index (κ1) is 13.0. The van der Waals surface area contributed by atoms with Crippen LogP contribution in [0.4, 0.5) is 0 Å². The number of piperidine rings is 1. The highest BCUT2D eigenvalue weighted by Gasteiger charge is 2.32. The Kier molecular flexibility index (Phi) is 3.96. The second kappa shape index (κ2) is 5.48. The van der Waals surface area contributed by atoms with Crippen molar-refractivity contribution in [1.29, 1.82) is 0 Å². The number of rotatable bonds is 2. The zero-order valence-electron chi connectivity index (χ0n) is 9.67. The number of carbonyl (C=O) groups excluding carboxylic acids is 1. The number of aliphatic carboxylic acids is 1. The van der Waals surface area contributed by atoms with E-state index in [1.165, 1.54) is 11.1 Å². The number of carboxylic acid groups (broad SMARTS) is 1. The van der Waals surface area contributed by atoms with Crippen LogP contribution in [0.2, 0.25) is 0 Å². The lowest BCUT2D eigenvalue weighted by Gasteiger charge is -2.32. The van der Waals surface area contributed by atoms with Crippen LogP contribution in [0.15, 0.2) is 22.8 Å². The summed E-state index contributed by atoms with van der Waals surface area (Å²) in [5.74, 6) is -1.25. The maximum Gasteiger partial charge on any atom is 0.326 e. The second-order valence-electron chi connectivity index (χ2n) is 4.21. The molecule has 1 fully saturated rings. The molecule has 0 aliphatic carbocycles. The van der Waals surface area contributed by atoms with Gasteiger partial charge in [-0.05, 0) is 47.3 Å². The molecule has 0 saturated carbocycles. The first-order valence-electron chi connectivity index (χ1n) is 5.75. The Morgan fingerprint density at radius 3 is 2.78 bits per heavy atom. The average molecular weight is 313 g/mol. The van der Waals surface area contributed by atoms with Gasteiger partial charge in [0, 0.05) is 17.2 Å². The third kappa shape index (κ3) is 2.69. The summed E-state index contributed by atoms with van der Waals surface area (Å²) in [6, 6.07) is 2.59. The van der Waals surface area contributed by atoms with Gasteiger partial charge in [-0.3, -0.25) is 4.79 Å². The van der Waals surface area contributed by atoms with E-state index < -0.39 is 12.0 Å². The van der Waals surface area contributed by atoms with Crippen molar-refractivity contribution in [2.45, 2.75) is 25.3 Å². The van der Waals surface area contributed by atoms with Crippen molar-refractivity contribution < 1.29 is 14.7 Å². The number of pyridine rings is 1. The fourth-order valence-electron chi connectivity index (χ4n) is 2.08. The van der Waals surface area contributed by atoms with Crippen LogP contribution in [0, 0.1) is 0 Å². The van der Waals surface area contributed by atoms with E-state index in [0.717, 1.165) is 17.3 Å². The van der Waals surface area contributed by atoms with Gasteiger partial charge in [0.25, 0.3) is 5.91 Å². The minimum absolute atomic E-state index is 0.284. The zero-order valence-corrected chi connectivity index (χ0v) is 11.3. The molecule has 1 aromatic rings. The van der Waals surface area contributed by atoms with Crippen molar-refractivity contribution in [2.75, 3.05) is 6.54 Å². The van der Waals surface area contributed by atoms with Crippen molar-refractivity contribution in [3.8, 4) is 0 Å². The summed E-state index contributed by atoms with van der Waals surface area (Å²) in [4.78, 5) is 28.8. The van der Waals surface area contributed by atoms with Crippen molar-refractivity contribution >= 4 is 27.8 Å². The Hall–Kier alpha value is -1.43. The third-order valence-electron chi connectivity index (χ3n) is 3.00. The Bertz CT molecular complexity index is 461. The molecule has 18 heavy (non-hydrogen) atoms. The SMILES string of the molecule is O=C(O)[C@H]1CCCCN1C(=O)c1ccc(Br)cn1. The van der Waals surface area contributed by atoms with Gasteiger partial charge in [-0.25, -0.2) is 9.78 Å². The van der Waals surface area contributed by atoms with Crippen LogP contribution in [0.1, 0.15) is 29.8 Å². The largest absolute Gasteiger partial charge is 0.480 e. The Balaban J connectivity index is 2.20. The normalized spacial score (nSPS) is 19.6. The number of carbonyl (C=O) groups is 2. The number of hydrogen-bond donors (Lipinski definition) is 1. The van der Waals surface area contributed by atoms with E-state index in [0.29, 0.717) is 13.0 Å². The predicted octanol–water partition coefficient (Wildman–Crippen LogP) is 1.92. The number of hydrogen-bond acceptors (Lipinski definition) is 3. The summed E-state index contributed by atoms with van der Waals surface area (Å²) >= 11 is 3.24. The lowest BCUT2D eigenvalue weighted by atomic mass is 10.0. The van der Waals surface area contributed by atoms with Crippen molar-refractivity contribution in [1.82, 2.24) is 9.88 Å². The highest BCUT2D eigenvalue weighted by Crippen LogP contribution is 2.19. The molecule has 0 aromatic carbocycles. The quantitative estimate of drug-likeness (QED) is 0.905. The molecule has 1 saturated heterocycles. The monoisotopic (exact) mass is 312 g/mol. The smallest absolute Gasteiger partial charge is 0.326 e. The number of halogens is 1. The molecule has 0 radical (unpaired) electrons. The van der Waals surface area contributed by atoms with Crippen molar-refractivity contribution in [2.24, 2.45) is 0 Å². The van der Waals surface area contributed by atoms with Gasteiger partial charge >= 0.3 is 5.97 Å². The summed E-state index contributed by atoms with van der Waals surface area (Å²) < 4.78 is 0.785. The van der Waals surface area contributed by atoms with E-state index in [4.69, 9.17) is 5.11 Å². The van der Waals surface area contributed by atoms with Gasteiger partial charge in [0.2, 0.25) is 0 Å². The van der Waals surface area contributed by atoms with E-state index in [2.05, 4.69) is 20.9 Å². The van der Waals surface area contributed by atoms with Gasteiger partial charge in [0.1, 0.15) is 11.7 Å². The molecule has 0 bridgehead atoms. The summed E-state index contributed by atoms with van der Waals surface area (Å²) in [6.07, 6.45) is 3.73. The van der Waals surface area contributed by atoms with Gasteiger partial charge in [0.05, 0.1) is 0 Å². The third-order valence-corrected chi connectivity index (χ3v) is 3.46. The van der Waals surface area contributed by atoms with E-state index >= 15 is 0 Å². The molecule has 1 aliphatic heterocycles. The average Bonchev–Trinajstić information content (AvgIpc) is 2.39. The predicted molar refractivity (Wildman–Crippen MR) is 68.2 cm³/mol. The number of aromatic nitrogens is 1. The number of nitrogens with zero attached hydrogens (tertiary/aromatic N) is 2. The van der Waals surface area contributed by atoms with Crippen molar-refractivity contribution in [3.05, 3.63) is 28.5 Å². The van der Waals surface area contributed by atoms with Crippen LogP contribution in [0.3, 0.4) is 0 Å². The molecule has 1 atom stereocenters. The van der Waals surface area contributed by atoms with Gasteiger partial charge < -0.3 is 10.0 Å². The maximum absolute atomic E-state index is 12.2. The van der Waals surface area contributed by atoms with Crippen LogP contribution in [0.25, 0.3) is 0 Å². The van der Waals surface area contributed by atoms with E-state index in [1.54, 1.807) is 12.1 Å². The van der Waals surface area contributed by atoms with E-state index in [-0.39, 0.29) is 11.6 Å². The number of carboxylic acids is 1. The minimum atomic E-state index is -0.944. The minimum Gasteiger partial charge on any atom is -0.480 e. The van der Waals surface area contributed by atoms with Crippen LogP contribution in [-0.4, -0.2) is 39.5 Å². The summed E-state index contributed by atoms with van der Waals surface area (Å²) in [5.41, 5.74) is 0.284. The molecule has 1 aliphatic rings. The highest BCUT2D eigenvalue weighted by atomic mass is 79.9.